The van der Waals surface area contributed by atoms with Gasteiger partial charge in [-0.15, -0.1) is 11.3 Å². The van der Waals surface area contributed by atoms with Crippen LogP contribution in [0.3, 0.4) is 0 Å². The van der Waals surface area contributed by atoms with Gasteiger partial charge >= 0.3 is 0 Å². The summed E-state index contributed by atoms with van der Waals surface area (Å²) in [5, 5.41) is 2.08. The van der Waals surface area contributed by atoms with E-state index in [0.717, 1.165) is 25.1 Å². The standard InChI is InChI=1S/C12H18N2OS/c13-11(10-7-16-8-14-10)9-2-5-15-12(6-9)3-1-4-12/h7-9,11H,1-6,13H2. The predicted molar refractivity (Wildman–Crippen MR) is 64.3 cm³/mol. The minimum atomic E-state index is 0.104. The molecule has 0 aromatic carbocycles. The molecule has 0 radical (unpaired) electrons. The van der Waals surface area contributed by atoms with Gasteiger partial charge < -0.3 is 10.5 Å². The van der Waals surface area contributed by atoms with Crippen LogP contribution in [-0.4, -0.2) is 17.2 Å². The fourth-order valence-electron chi connectivity index (χ4n) is 2.92. The molecule has 1 saturated heterocycles. The average molecular weight is 238 g/mol. The van der Waals surface area contributed by atoms with Crippen molar-refractivity contribution in [3.8, 4) is 0 Å². The SMILES string of the molecule is NC(c1cscn1)C1CCOC2(CCC2)C1. The Morgan fingerprint density at radius 3 is 3.06 bits per heavy atom. The maximum Gasteiger partial charge on any atom is 0.0795 e. The van der Waals surface area contributed by atoms with Gasteiger partial charge in [-0.2, -0.15) is 0 Å². The Labute approximate surface area is 100 Å². The lowest BCUT2D eigenvalue weighted by Crippen LogP contribution is -2.47. The fraction of sp³-hybridized carbons (Fsp3) is 0.750. The first kappa shape index (κ1) is 10.7. The van der Waals surface area contributed by atoms with Crippen molar-refractivity contribution >= 4 is 11.3 Å². The zero-order valence-corrected chi connectivity index (χ0v) is 10.2. The molecule has 0 bridgehead atoms. The lowest BCUT2D eigenvalue weighted by atomic mass is 9.70. The van der Waals surface area contributed by atoms with Gasteiger partial charge in [-0.25, -0.2) is 4.98 Å². The second kappa shape index (κ2) is 4.09. The predicted octanol–water partition coefficient (Wildman–Crippen LogP) is 2.49. The van der Waals surface area contributed by atoms with E-state index >= 15 is 0 Å². The third-order valence-electron chi connectivity index (χ3n) is 4.10. The van der Waals surface area contributed by atoms with Crippen LogP contribution < -0.4 is 5.73 Å². The molecule has 4 heteroatoms. The first-order chi connectivity index (χ1) is 7.79. The van der Waals surface area contributed by atoms with Crippen LogP contribution in [0.2, 0.25) is 0 Å². The van der Waals surface area contributed by atoms with Crippen LogP contribution in [0.4, 0.5) is 0 Å². The number of nitrogens with zero attached hydrogens (tertiary/aromatic N) is 1. The van der Waals surface area contributed by atoms with Gasteiger partial charge in [-0.1, -0.05) is 0 Å². The molecule has 16 heavy (non-hydrogen) atoms. The van der Waals surface area contributed by atoms with Crippen molar-refractivity contribution in [1.82, 2.24) is 4.98 Å². The summed E-state index contributed by atoms with van der Waals surface area (Å²) in [6, 6.07) is 0.104. The Hall–Kier alpha value is -0.450. The molecule has 2 N–H and O–H groups in total. The van der Waals surface area contributed by atoms with Gasteiger partial charge in [0, 0.05) is 12.0 Å². The van der Waals surface area contributed by atoms with Crippen LogP contribution >= 0.6 is 11.3 Å². The maximum atomic E-state index is 6.30. The van der Waals surface area contributed by atoms with Crippen molar-refractivity contribution in [3.05, 3.63) is 16.6 Å². The highest BCUT2D eigenvalue weighted by Gasteiger charge is 2.44. The molecule has 1 aliphatic carbocycles. The first-order valence-electron chi connectivity index (χ1n) is 6.07. The van der Waals surface area contributed by atoms with Gasteiger partial charge in [0.15, 0.2) is 0 Å². The van der Waals surface area contributed by atoms with Crippen molar-refractivity contribution < 1.29 is 4.74 Å². The van der Waals surface area contributed by atoms with Gasteiger partial charge in [-0.05, 0) is 38.0 Å². The molecular weight excluding hydrogens is 220 g/mol. The molecule has 0 amide bonds. The van der Waals surface area contributed by atoms with Crippen LogP contribution in [0.1, 0.15) is 43.8 Å². The van der Waals surface area contributed by atoms with Gasteiger partial charge in [0.25, 0.3) is 0 Å². The summed E-state index contributed by atoms with van der Waals surface area (Å²) < 4.78 is 5.93. The second-order valence-corrected chi connectivity index (χ2v) is 5.80. The molecule has 1 saturated carbocycles. The zero-order valence-electron chi connectivity index (χ0n) is 9.39. The van der Waals surface area contributed by atoms with Crippen LogP contribution in [0.15, 0.2) is 10.9 Å². The number of aromatic nitrogens is 1. The fourth-order valence-corrected chi connectivity index (χ4v) is 3.52. The molecular formula is C12H18N2OS. The van der Waals surface area contributed by atoms with E-state index in [1.165, 1.54) is 19.3 Å². The van der Waals surface area contributed by atoms with Gasteiger partial charge in [0.05, 0.1) is 22.8 Å². The minimum absolute atomic E-state index is 0.104. The third kappa shape index (κ3) is 1.79. The lowest BCUT2D eigenvalue weighted by Gasteiger charge is -2.48. The Kier molecular flexibility index (Phi) is 2.73. The largest absolute Gasteiger partial charge is 0.375 e. The summed E-state index contributed by atoms with van der Waals surface area (Å²) in [6.07, 6.45) is 5.99. The van der Waals surface area contributed by atoms with E-state index < -0.39 is 0 Å². The number of hydrogen-bond donors (Lipinski definition) is 1. The molecule has 2 atom stereocenters. The van der Waals surface area contributed by atoms with Crippen molar-refractivity contribution in [2.75, 3.05) is 6.61 Å². The lowest BCUT2D eigenvalue weighted by molar-refractivity contribution is -0.146. The Balaban J connectivity index is 1.70. The van der Waals surface area contributed by atoms with E-state index in [1.54, 1.807) is 11.3 Å². The van der Waals surface area contributed by atoms with Gasteiger partial charge in [0.2, 0.25) is 0 Å². The van der Waals surface area contributed by atoms with Crippen molar-refractivity contribution in [3.63, 3.8) is 0 Å². The van der Waals surface area contributed by atoms with Crippen molar-refractivity contribution in [2.45, 2.75) is 43.7 Å². The molecule has 2 unspecified atom stereocenters. The molecule has 1 spiro atoms. The van der Waals surface area contributed by atoms with E-state index in [4.69, 9.17) is 10.5 Å². The van der Waals surface area contributed by atoms with Crippen LogP contribution in [0.5, 0.6) is 0 Å². The molecule has 1 aliphatic heterocycles. The van der Waals surface area contributed by atoms with E-state index in [0.29, 0.717) is 5.92 Å². The minimum Gasteiger partial charge on any atom is -0.375 e. The molecule has 2 fully saturated rings. The number of rotatable bonds is 2. The van der Waals surface area contributed by atoms with Crippen LogP contribution in [-0.2, 0) is 4.74 Å². The Morgan fingerprint density at radius 1 is 1.56 bits per heavy atom. The summed E-state index contributed by atoms with van der Waals surface area (Å²) in [5.41, 5.74) is 9.42. The summed E-state index contributed by atoms with van der Waals surface area (Å²) in [6.45, 7) is 0.877. The molecule has 1 aromatic heterocycles. The Bertz CT molecular complexity index is 348. The monoisotopic (exact) mass is 238 g/mol. The van der Waals surface area contributed by atoms with Crippen molar-refractivity contribution in [2.24, 2.45) is 11.7 Å². The van der Waals surface area contributed by atoms with Crippen LogP contribution in [0.25, 0.3) is 0 Å². The van der Waals surface area contributed by atoms with Gasteiger partial charge in [0.1, 0.15) is 0 Å². The second-order valence-electron chi connectivity index (χ2n) is 5.08. The normalized spacial score (nSPS) is 29.9. The quantitative estimate of drug-likeness (QED) is 0.861. The molecule has 88 valence electrons. The van der Waals surface area contributed by atoms with Gasteiger partial charge in [-0.3, -0.25) is 0 Å². The van der Waals surface area contributed by atoms with E-state index in [9.17, 15) is 0 Å². The highest BCUT2D eigenvalue weighted by atomic mass is 32.1. The van der Waals surface area contributed by atoms with E-state index in [2.05, 4.69) is 10.4 Å². The average Bonchev–Trinajstić information content (AvgIpc) is 2.79. The number of thiazole rings is 1. The Morgan fingerprint density at radius 2 is 2.44 bits per heavy atom. The summed E-state index contributed by atoms with van der Waals surface area (Å²) in [7, 11) is 0. The van der Waals surface area contributed by atoms with Crippen molar-refractivity contribution in [1.29, 1.82) is 0 Å². The maximum absolute atomic E-state index is 6.30. The van der Waals surface area contributed by atoms with Crippen LogP contribution in [0, 0.1) is 5.92 Å². The third-order valence-corrected chi connectivity index (χ3v) is 4.70. The molecule has 2 heterocycles. The summed E-state index contributed by atoms with van der Waals surface area (Å²) in [4.78, 5) is 4.34. The topological polar surface area (TPSA) is 48.1 Å². The van der Waals surface area contributed by atoms with E-state index in [1.807, 2.05) is 5.51 Å². The van der Waals surface area contributed by atoms with E-state index in [-0.39, 0.29) is 11.6 Å². The summed E-state index contributed by atoms with van der Waals surface area (Å²) in [5.74, 6) is 0.552. The highest BCUT2D eigenvalue weighted by Crippen LogP contribution is 2.46. The first-order valence-corrected chi connectivity index (χ1v) is 7.01. The molecule has 3 nitrogen and oxygen atoms in total. The smallest absolute Gasteiger partial charge is 0.0795 e. The zero-order chi connectivity index (χ0) is 11.0. The molecule has 2 aliphatic rings. The highest BCUT2D eigenvalue weighted by molar-refractivity contribution is 7.07. The molecule has 3 rings (SSSR count). The molecule has 1 aromatic rings. The summed E-state index contributed by atoms with van der Waals surface area (Å²) >= 11 is 1.63. The number of ether oxygens (including phenoxy) is 1. The number of hydrogen-bond acceptors (Lipinski definition) is 4. The number of nitrogens with two attached hydrogens (primary N) is 1.